The molecule has 2 N–H and O–H groups in total. The quantitative estimate of drug-likeness (QED) is 0.485. The van der Waals surface area contributed by atoms with E-state index in [4.69, 9.17) is 0 Å². The van der Waals surface area contributed by atoms with Crippen molar-refractivity contribution in [1.29, 1.82) is 0 Å². The lowest BCUT2D eigenvalue weighted by atomic mass is 10.1. The molecule has 0 atom stereocenters. The summed E-state index contributed by atoms with van der Waals surface area (Å²) in [6, 6.07) is 19.2. The topological polar surface area (TPSA) is 39.7 Å². The van der Waals surface area contributed by atoms with Crippen LogP contribution in [0.1, 0.15) is 11.1 Å². The molecule has 0 saturated heterocycles. The SMILES string of the molecule is CN=C(NCCc1ccccc1)NCc1ccc(N2CC=CC2)cc1. The average Bonchev–Trinajstić information content (AvgIpc) is 3.20. The van der Waals surface area contributed by atoms with Crippen LogP contribution in [0.25, 0.3) is 0 Å². The third kappa shape index (κ3) is 5.11. The molecule has 0 unspecified atom stereocenters. The minimum absolute atomic E-state index is 0.767. The molecule has 0 amide bonds. The van der Waals surface area contributed by atoms with Crippen molar-refractivity contribution >= 4 is 11.6 Å². The lowest BCUT2D eigenvalue weighted by Crippen LogP contribution is -2.37. The molecule has 0 fully saturated rings. The van der Waals surface area contributed by atoms with E-state index < -0.39 is 0 Å². The first-order valence-corrected chi connectivity index (χ1v) is 8.82. The molecule has 3 rings (SSSR count). The molecule has 0 radical (unpaired) electrons. The van der Waals surface area contributed by atoms with Crippen molar-refractivity contribution < 1.29 is 0 Å². The van der Waals surface area contributed by atoms with Crippen molar-refractivity contribution in [3.63, 3.8) is 0 Å². The van der Waals surface area contributed by atoms with Crippen LogP contribution in [-0.2, 0) is 13.0 Å². The molecule has 0 aromatic heterocycles. The van der Waals surface area contributed by atoms with E-state index in [9.17, 15) is 0 Å². The standard InChI is InChI=1S/C21H26N4/c1-22-21(23-14-13-18-7-3-2-4-8-18)24-17-19-9-11-20(12-10-19)25-15-5-6-16-25/h2-12H,13-17H2,1H3,(H2,22,23,24). The largest absolute Gasteiger partial charge is 0.364 e. The Labute approximate surface area is 150 Å². The van der Waals surface area contributed by atoms with Crippen molar-refractivity contribution in [2.24, 2.45) is 4.99 Å². The summed E-state index contributed by atoms with van der Waals surface area (Å²) in [5, 5.41) is 6.74. The number of nitrogens with one attached hydrogen (secondary N) is 2. The van der Waals surface area contributed by atoms with Gasteiger partial charge in [-0.3, -0.25) is 4.99 Å². The van der Waals surface area contributed by atoms with Gasteiger partial charge in [-0.15, -0.1) is 0 Å². The zero-order valence-corrected chi connectivity index (χ0v) is 14.8. The average molecular weight is 334 g/mol. The van der Waals surface area contributed by atoms with E-state index in [1.54, 1.807) is 7.05 Å². The third-order valence-corrected chi connectivity index (χ3v) is 4.35. The summed E-state index contributed by atoms with van der Waals surface area (Å²) in [7, 11) is 1.81. The van der Waals surface area contributed by atoms with E-state index in [1.807, 2.05) is 6.07 Å². The fourth-order valence-corrected chi connectivity index (χ4v) is 2.89. The minimum atomic E-state index is 0.767. The van der Waals surface area contributed by atoms with E-state index >= 15 is 0 Å². The highest BCUT2D eigenvalue weighted by molar-refractivity contribution is 5.79. The fourth-order valence-electron chi connectivity index (χ4n) is 2.89. The van der Waals surface area contributed by atoms with Gasteiger partial charge in [-0.2, -0.15) is 0 Å². The van der Waals surface area contributed by atoms with Gasteiger partial charge in [0, 0.05) is 38.9 Å². The molecule has 2 aromatic rings. The number of hydrogen-bond acceptors (Lipinski definition) is 2. The smallest absolute Gasteiger partial charge is 0.191 e. The highest BCUT2D eigenvalue weighted by Gasteiger charge is 2.07. The Bertz CT molecular complexity index is 696. The Morgan fingerprint density at radius 2 is 1.64 bits per heavy atom. The van der Waals surface area contributed by atoms with Crippen LogP contribution in [0, 0.1) is 0 Å². The maximum absolute atomic E-state index is 4.29. The summed E-state index contributed by atoms with van der Waals surface area (Å²) in [6.45, 7) is 3.65. The molecule has 0 aliphatic carbocycles. The van der Waals surface area contributed by atoms with E-state index in [0.29, 0.717) is 0 Å². The first-order chi connectivity index (χ1) is 12.3. The van der Waals surface area contributed by atoms with Crippen molar-refractivity contribution in [2.75, 3.05) is 31.6 Å². The van der Waals surface area contributed by atoms with Crippen molar-refractivity contribution in [3.05, 3.63) is 77.9 Å². The summed E-state index contributed by atoms with van der Waals surface area (Å²) < 4.78 is 0. The van der Waals surface area contributed by atoms with E-state index in [-0.39, 0.29) is 0 Å². The van der Waals surface area contributed by atoms with Gasteiger partial charge in [-0.1, -0.05) is 54.6 Å². The van der Waals surface area contributed by atoms with Crippen LogP contribution in [0.3, 0.4) is 0 Å². The number of nitrogens with zero attached hydrogens (tertiary/aromatic N) is 2. The van der Waals surface area contributed by atoms with Crippen LogP contribution in [-0.4, -0.2) is 32.6 Å². The highest BCUT2D eigenvalue weighted by atomic mass is 15.2. The normalized spacial score (nSPS) is 14.0. The van der Waals surface area contributed by atoms with Gasteiger partial charge in [-0.05, 0) is 29.7 Å². The number of aliphatic imine (C=N–C) groups is 1. The van der Waals surface area contributed by atoms with Crippen LogP contribution < -0.4 is 15.5 Å². The molecule has 0 saturated carbocycles. The Kier molecular flexibility index (Phi) is 6.10. The van der Waals surface area contributed by atoms with Gasteiger partial charge in [0.2, 0.25) is 0 Å². The summed E-state index contributed by atoms with van der Waals surface area (Å²) in [4.78, 5) is 6.64. The second-order valence-electron chi connectivity index (χ2n) is 6.13. The number of guanidine groups is 1. The monoisotopic (exact) mass is 334 g/mol. The molecule has 1 aliphatic rings. The number of anilines is 1. The molecular weight excluding hydrogens is 308 g/mol. The molecule has 130 valence electrons. The van der Waals surface area contributed by atoms with Crippen molar-refractivity contribution in [2.45, 2.75) is 13.0 Å². The fraction of sp³-hybridized carbons (Fsp3) is 0.286. The minimum Gasteiger partial charge on any atom is -0.364 e. The van der Waals surface area contributed by atoms with Crippen LogP contribution in [0.5, 0.6) is 0 Å². The third-order valence-electron chi connectivity index (χ3n) is 4.35. The molecule has 1 aliphatic heterocycles. The maximum atomic E-state index is 4.29. The number of hydrogen-bond donors (Lipinski definition) is 2. The second-order valence-corrected chi connectivity index (χ2v) is 6.13. The van der Waals surface area contributed by atoms with Gasteiger partial charge < -0.3 is 15.5 Å². The Hall–Kier alpha value is -2.75. The molecule has 4 heteroatoms. The predicted octanol–water partition coefficient (Wildman–Crippen LogP) is 2.97. The Morgan fingerprint density at radius 1 is 0.920 bits per heavy atom. The zero-order chi connectivity index (χ0) is 17.3. The van der Waals surface area contributed by atoms with Gasteiger partial charge in [0.1, 0.15) is 0 Å². The molecule has 4 nitrogen and oxygen atoms in total. The van der Waals surface area contributed by atoms with Gasteiger partial charge >= 0.3 is 0 Å². The second kappa shape index (κ2) is 8.92. The van der Waals surface area contributed by atoms with Gasteiger partial charge in [0.05, 0.1) is 0 Å². The molecule has 1 heterocycles. The summed E-state index contributed by atoms with van der Waals surface area (Å²) in [5.41, 5.74) is 3.86. The summed E-state index contributed by atoms with van der Waals surface area (Å²) in [6.07, 6.45) is 5.40. The summed E-state index contributed by atoms with van der Waals surface area (Å²) in [5.74, 6) is 0.837. The van der Waals surface area contributed by atoms with Crippen LogP contribution >= 0.6 is 0 Å². The van der Waals surface area contributed by atoms with Gasteiger partial charge in [-0.25, -0.2) is 0 Å². The van der Waals surface area contributed by atoms with Crippen LogP contribution in [0.2, 0.25) is 0 Å². The van der Waals surface area contributed by atoms with E-state index in [1.165, 1.54) is 16.8 Å². The van der Waals surface area contributed by atoms with Crippen LogP contribution in [0.15, 0.2) is 71.7 Å². The van der Waals surface area contributed by atoms with Crippen molar-refractivity contribution in [3.8, 4) is 0 Å². The van der Waals surface area contributed by atoms with E-state index in [2.05, 4.69) is 81.2 Å². The number of benzene rings is 2. The number of rotatable bonds is 6. The van der Waals surface area contributed by atoms with Gasteiger partial charge in [0.15, 0.2) is 5.96 Å². The molecule has 0 spiro atoms. The molecule has 2 aromatic carbocycles. The molecule has 0 bridgehead atoms. The lowest BCUT2D eigenvalue weighted by Gasteiger charge is -2.18. The molecular formula is C21H26N4. The Balaban J connectivity index is 1.43. The maximum Gasteiger partial charge on any atom is 0.191 e. The first kappa shape index (κ1) is 17.1. The van der Waals surface area contributed by atoms with Crippen molar-refractivity contribution in [1.82, 2.24) is 10.6 Å². The predicted molar refractivity (Wildman–Crippen MR) is 106 cm³/mol. The van der Waals surface area contributed by atoms with E-state index in [0.717, 1.165) is 38.6 Å². The zero-order valence-electron chi connectivity index (χ0n) is 14.8. The Morgan fingerprint density at radius 3 is 2.32 bits per heavy atom. The van der Waals surface area contributed by atoms with Gasteiger partial charge in [0.25, 0.3) is 0 Å². The molecule has 25 heavy (non-hydrogen) atoms. The van der Waals surface area contributed by atoms with Crippen LogP contribution in [0.4, 0.5) is 5.69 Å². The lowest BCUT2D eigenvalue weighted by molar-refractivity contribution is 0.794. The first-order valence-electron chi connectivity index (χ1n) is 8.82. The summed E-state index contributed by atoms with van der Waals surface area (Å²) >= 11 is 0. The highest BCUT2D eigenvalue weighted by Crippen LogP contribution is 2.17.